The van der Waals surface area contributed by atoms with Gasteiger partial charge in [0, 0.05) is 17.8 Å². The molecule has 34 heavy (non-hydrogen) atoms. The number of anilines is 1. The van der Waals surface area contributed by atoms with Crippen LogP contribution in [0.3, 0.4) is 0 Å². The van der Waals surface area contributed by atoms with Gasteiger partial charge in [-0.05, 0) is 47.5 Å². The Morgan fingerprint density at radius 1 is 0.765 bits per heavy atom. The van der Waals surface area contributed by atoms with E-state index in [9.17, 15) is 0 Å². The molecule has 0 saturated heterocycles. The second-order valence-corrected chi connectivity index (χ2v) is 8.41. The van der Waals surface area contributed by atoms with Crippen LogP contribution in [0.1, 0.15) is 17.3 Å². The zero-order chi connectivity index (χ0) is 23.1. The highest BCUT2D eigenvalue weighted by Gasteiger charge is 2.34. The molecule has 0 N–H and O–H groups in total. The van der Waals surface area contributed by atoms with Gasteiger partial charge in [0.05, 0.1) is 25.3 Å². The van der Waals surface area contributed by atoms with Crippen molar-refractivity contribution in [1.82, 2.24) is 9.55 Å². The highest BCUT2D eigenvalue weighted by atomic mass is 16.5. The largest absolute Gasteiger partial charge is 0.493 e. The Morgan fingerprint density at radius 3 is 2.32 bits per heavy atom. The van der Waals surface area contributed by atoms with Crippen LogP contribution in [0.25, 0.3) is 22.4 Å². The van der Waals surface area contributed by atoms with Crippen molar-refractivity contribution in [1.29, 1.82) is 0 Å². The van der Waals surface area contributed by atoms with Crippen LogP contribution < -0.4 is 14.4 Å². The number of nitrogens with zero attached hydrogens (tertiary/aromatic N) is 3. The fraction of sp³-hybridized carbons (Fsp3) is 0.138. The first kappa shape index (κ1) is 20.4. The Morgan fingerprint density at radius 2 is 1.50 bits per heavy atom. The maximum atomic E-state index is 5.68. The number of rotatable bonds is 5. The summed E-state index contributed by atoms with van der Waals surface area (Å²) in [5.41, 5.74) is 6.73. The molecular formula is C29H25N3O2. The fourth-order valence-electron chi connectivity index (χ4n) is 4.96. The molecule has 0 unspecified atom stereocenters. The van der Waals surface area contributed by atoms with E-state index in [1.165, 1.54) is 5.56 Å². The van der Waals surface area contributed by atoms with Gasteiger partial charge in [0.25, 0.3) is 0 Å². The molecule has 5 nitrogen and oxygen atoms in total. The molecule has 1 aromatic heterocycles. The first-order valence-corrected chi connectivity index (χ1v) is 11.4. The summed E-state index contributed by atoms with van der Waals surface area (Å²) in [5.74, 6) is 2.40. The van der Waals surface area contributed by atoms with Crippen molar-refractivity contribution in [2.45, 2.75) is 12.7 Å². The van der Waals surface area contributed by atoms with Gasteiger partial charge in [0.15, 0.2) is 11.5 Å². The van der Waals surface area contributed by atoms with E-state index in [-0.39, 0.29) is 6.17 Å². The van der Waals surface area contributed by atoms with Crippen LogP contribution in [0.4, 0.5) is 5.69 Å². The molecule has 0 radical (unpaired) electrons. The topological polar surface area (TPSA) is 39.5 Å². The van der Waals surface area contributed by atoms with Crippen LogP contribution in [0.5, 0.6) is 11.5 Å². The molecular weight excluding hydrogens is 422 g/mol. The Balaban J connectivity index is 1.63. The third-order valence-corrected chi connectivity index (χ3v) is 6.49. The summed E-state index contributed by atoms with van der Waals surface area (Å²) in [6.45, 7) is 0.753. The van der Waals surface area contributed by atoms with Gasteiger partial charge >= 0.3 is 0 Å². The molecule has 1 atom stereocenters. The minimum absolute atomic E-state index is 0.114. The van der Waals surface area contributed by atoms with Gasteiger partial charge in [0.1, 0.15) is 12.0 Å². The van der Waals surface area contributed by atoms with Crippen molar-refractivity contribution in [3.05, 3.63) is 108 Å². The Labute approximate surface area is 198 Å². The highest BCUT2D eigenvalue weighted by molar-refractivity contribution is 5.87. The second kappa shape index (κ2) is 8.27. The normalized spacial score (nSPS) is 14.5. The summed E-state index contributed by atoms with van der Waals surface area (Å²) in [5, 5.41) is 0. The van der Waals surface area contributed by atoms with E-state index in [4.69, 9.17) is 14.5 Å². The molecule has 5 aromatic rings. The van der Waals surface area contributed by atoms with Crippen molar-refractivity contribution in [2.75, 3.05) is 19.1 Å². The Bertz CT molecular complexity index is 1480. The fourth-order valence-corrected chi connectivity index (χ4v) is 4.96. The first-order chi connectivity index (χ1) is 16.8. The third-order valence-electron chi connectivity index (χ3n) is 6.49. The first-order valence-electron chi connectivity index (χ1n) is 11.4. The molecule has 0 aliphatic carbocycles. The average Bonchev–Trinajstić information content (AvgIpc) is 3.29. The molecule has 0 saturated carbocycles. The lowest BCUT2D eigenvalue weighted by Gasteiger charge is -2.40. The van der Waals surface area contributed by atoms with E-state index in [1.54, 1.807) is 14.2 Å². The van der Waals surface area contributed by atoms with Crippen molar-refractivity contribution in [3.8, 4) is 22.9 Å². The SMILES string of the molecule is COc1ccc([C@H]2N(Cc3ccccc3)c3ccccc3-c3nc4ccccc4n32)cc1OC. The van der Waals surface area contributed by atoms with Crippen LogP contribution >= 0.6 is 0 Å². The lowest BCUT2D eigenvalue weighted by atomic mass is 10.0. The molecule has 4 aromatic carbocycles. The lowest BCUT2D eigenvalue weighted by Crippen LogP contribution is -2.36. The summed E-state index contributed by atoms with van der Waals surface area (Å²) in [4.78, 5) is 7.52. The summed E-state index contributed by atoms with van der Waals surface area (Å²) < 4.78 is 13.6. The van der Waals surface area contributed by atoms with Crippen LogP contribution in [0, 0.1) is 0 Å². The third kappa shape index (κ3) is 3.20. The van der Waals surface area contributed by atoms with Crippen molar-refractivity contribution < 1.29 is 9.47 Å². The van der Waals surface area contributed by atoms with E-state index < -0.39 is 0 Å². The zero-order valence-electron chi connectivity index (χ0n) is 19.2. The van der Waals surface area contributed by atoms with Gasteiger partial charge in [-0.15, -0.1) is 0 Å². The molecule has 0 spiro atoms. The molecule has 5 heteroatoms. The van der Waals surface area contributed by atoms with Gasteiger partial charge in [-0.2, -0.15) is 0 Å². The monoisotopic (exact) mass is 447 g/mol. The smallest absolute Gasteiger partial charge is 0.161 e. The number of hydrogen-bond donors (Lipinski definition) is 0. The maximum absolute atomic E-state index is 5.68. The van der Waals surface area contributed by atoms with Crippen molar-refractivity contribution in [2.24, 2.45) is 0 Å². The molecule has 1 aliphatic heterocycles. The number of aromatic nitrogens is 2. The van der Waals surface area contributed by atoms with E-state index >= 15 is 0 Å². The zero-order valence-corrected chi connectivity index (χ0v) is 19.2. The molecule has 2 heterocycles. The van der Waals surface area contributed by atoms with Gasteiger partial charge in [-0.25, -0.2) is 4.98 Å². The summed E-state index contributed by atoms with van der Waals surface area (Å²) in [6.07, 6.45) is -0.114. The minimum atomic E-state index is -0.114. The van der Waals surface area contributed by atoms with Gasteiger partial charge in [-0.3, -0.25) is 4.57 Å². The van der Waals surface area contributed by atoms with Crippen LogP contribution in [0.15, 0.2) is 97.1 Å². The van der Waals surface area contributed by atoms with E-state index in [0.717, 1.165) is 40.2 Å². The molecule has 0 amide bonds. The predicted molar refractivity (Wildman–Crippen MR) is 135 cm³/mol. The summed E-state index contributed by atoms with van der Waals surface area (Å²) in [6, 6.07) is 33.6. The predicted octanol–water partition coefficient (Wildman–Crippen LogP) is 6.29. The average molecular weight is 448 g/mol. The molecule has 0 bridgehead atoms. The van der Waals surface area contributed by atoms with Gasteiger partial charge in [-0.1, -0.05) is 60.7 Å². The summed E-state index contributed by atoms with van der Waals surface area (Å²) >= 11 is 0. The van der Waals surface area contributed by atoms with E-state index in [1.807, 2.05) is 12.1 Å². The number of fused-ring (bicyclic) bond motifs is 5. The number of para-hydroxylation sites is 3. The number of ether oxygens (including phenoxy) is 2. The number of imidazole rings is 1. The number of benzene rings is 4. The van der Waals surface area contributed by atoms with Crippen LogP contribution in [-0.2, 0) is 6.54 Å². The second-order valence-electron chi connectivity index (χ2n) is 8.41. The van der Waals surface area contributed by atoms with Gasteiger partial charge < -0.3 is 14.4 Å². The van der Waals surface area contributed by atoms with E-state index in [2.05, 4.69) is 94.4 Å². The van der Waals surface area contributed by atoms with Crippen LogP contribution in [-0.4, -0.2) is 23.8 Å². The lowest BCUT2D eigenvalue weighted by molar-refractivity contribution is 0.353. The molecule has 1 aliphatic rings. The van der Waals surface area contributed by atoms with Crippen molar-refractivity contribution >= 4 is 16.7 Å². The highest BCUT2D eigenvalue weighted by Crippen LogP contribution is 2.46. The summed E-state index contributed by atoms with van der Waals surface area (Å²) in [7, 11) is 3.34. The molecule has 6 rings (SSSR count). The van der Waals surface area contributed by atoms with Crippen LogP contribution in [0.2, 0.25) is 0 Å². The maximum Gasteiger partial charge on any atom is 0.161 e. The number of methoxy groups -OCH3 is 2. The standard InChI is InChI=1S/C29H25N3O2/c1-33-26-17-16-21(18-27(26)34-2)29-31(19-20-10-4-3-5-11-20)24-14-8-6-12-22(24)28-30-23-13-7-9-15-25(23)32(28)29/h3-18,29H,19H2,1-2H3/t29-/m0/s1. The number of hydrogen-bond acceptors (Lipinski definition) is 4. The van der Waals surface area contributed by atoms with E-state index in [0.29, 0.717) is 11.5 Å². The quantitative estimate of drug-likeness (QED) is 0.318. The Hall–Kier alpha value is -4.25. The minimum Gasteiger partial charge on any atom is -0.493 e. The Kier molecular flexibility index (Phi) is 4.95. The molecule has 168 valence electrons. The van der Waals surface area contributed by atoms with Gasteiger partial charge in [0.2, 0.25) is 0 Å². The van der Waals surface area contributed by atoms with Crippen molar-refractivity contribution in [3.63, 3.8) is 0 Å². The molecule has 0 fully saturated rings.